The molecule has 4 nitrogen and oxygen atoms in total. The lowest BCUT2D eigenvalue weighted by Gasteiger charge is -2.21. The highest BCUT2D eigenvalue weighted by atomic mass is 19.1. The monoisotopic (exact) mass is 349 g/mol. The highest BCUT2D eigenvalue weighted by molar-refractivity contribution is 6.33. The second kappa shape index (κ2) is 7.04. The Morgan fingerprint density at radius 3 is 2.50 bits per heavy atom. The Morgan fingerprint density at radius 2 is 1.92 bits per heavy atom. The van der Waals surface area contributed by atoms with E-state index in [4.69, 9.17) is 0 Å². The van der Waals surface area contributed by atoms with E-state index in [9.17, 15) is 9.18 Å². The zero-order valence-corrected chi connectivity index (χ0v) is 15.1. The molecule has 0 unspecified atom stereocenters. The van der Waals surface area contributed by atoms with Crippen molar-refractivity contribution < 1.29 is 9.18 Å². The van der Waals surface area contributed by atoms with Gasteiger partial charge < -0.3 is 4.90 Å². The van der Waals surface area contributed by atoms with E-state index in [0.29, 0.717) is 39.7 Å². The van der Waals surface area contributed by atoms with E-state index in [0.717, 1.165) is 5.56 Å². The predicted molar refractivity (Wildman–Crippen MR) is 103 cm³/mol. The number of hydrogen-bond acceptors (Lipinski definition) is 4. The van der Waals surface area contributed by atoms with Gasteiger partial charge in [0.2, 0.25) is 5.96 Å². The molecule has 0 radical (unpaired) electrons. The molecule has 0 fully saturated rings. The maximum atomic E-state index is 13.6. The standard InChI is InChI=1S/C21H20FN3O/c1-5-9-13(12-22)14(6-2)17-19-18(23-21(24-19)25(3)4)15-10-7-8-11-16(15)20(17)26/h5-11H,1,12H2,2-4H3/b13-9-,14-6+. The second-order valence-corrected chi connectivity index (χ2v) is 6.13. The minimum absolute atomic E-state index is 0.171. The molecule has 3 rings (SSSR count). The summed E-state index contributed by atoms with van der Waals surface area (Å²) < 4.78 is 13.6. The summed E-state index contributed by atoms with van der Waals surface area (Å²) in [5, 5.41) is 0. The third-order valence-corrected chi connectivity index (χ3v) is 4.31. The number of guanidine groups is 1. The number of alkyl halides is 1. The first-order chi connectivity index (χ1) is 12.5. The van der Waals surface area contributed by atoms with Gasteiger partial charge in [-0.3, -0.25) is 4.79 Å². The number of Topliss-reactive ketones (excluding diaryl/α,β-unsaturated/α-hetero) is 1. The summed E-state index contributed by atoms with van der Waals surface area (Å²) in [6, 6.07) is 7.31. The Bertz CT molecular complexity index is 946. The summed E-state index contributed by atoms with van der Waals surface area (Å²) in [5.74, 6) is 0.344. The number of nitrogens with zero attached hydrogens (tertiary/aromatic N) is 3. The maximum Gasteiger partial charge on any atom is 0.226 e. The number of hydrogen-bond donors (Lipinski definition) is 0. The van der Waals surface area contributed by atoms with Crippen LogP contribution in [0.15, 0.2) is 81.5 Å². The van der Waals surface area contributed by atoms with Gasteiger partial charge in [0, 0.05) is 25.2 Å². The van der Waals surface area contributed by atoms with E-state index >= 15 is 0 Å². The molecule has 26 heavy (non-hydrogen) atoms. The molecule has 1 aromatic carbocycles. The number of halogens is 1. The molecular weight excluding hydrogens is 329 g/mol. The number of fused-ring (bicyclic) bond motifs is 3. The summed E-state index contributed by atoms with van der Waals surface area (Å²) >= 11 is 0. The fraction of sp³-hybridized carbons (Fsp3) is 0.190. The number of benzene rings is 1. The van der Waals surface area contributed by atoms with Crippen molar-refractivity contribution in [1.29, 1.82) is 0 Å². The Balaban J connectivity index is 2.31. The highest BCUT2D eigenvalue weighted by Gasteiger charge is 2.36. The molecule has 132 valence electrons. The van der Waals surface area contributed by atoms with Gasteiger partial charge in [0.15, 0.2) is 5.78 Å². The van der Waals surface area contributed by atoms with E-state index < -0.39 is 6.67 Å². The summed E-state index contributed by atoms with van der Waals surface area (Å²) in [5.41, 5.74) is 3.75. The molecule has 2 aliphatic rings. The molecule has 0 spiro atoms. The van der Waals surface area contributed by atoms with E-state index in [1.54, 1.807) is 30.0 Å². The molecule has 0 saturated carbocycles. The number of rotatable bonds is 4. The van der Waals surface area contributed by atoms with Gasteiger partial charge in [-0.25, -0.2) is 14.4 Å². The van der Waals surface area contributed by atoms with Crippen LogP contribution in [0.2, 0.25) is 0 Å². The van der Waals surface area contributed by atoms with E-state index in [-0.39, 0.29) is 5.78 Å². The van der Waals surface area contributed by atoms with Crippen LogP contribution in [0.25, 0.3) is 0 Å². The van der Waals surface area contributed by atoms with Gasteiger partial charge in [-0.2, -0.15) is 0 Å². The van der Waals surface area contributed by atoms with Crippen molar-refractivity contribution in [1.82, 2.24) is 4.90 Å². The molecule has 1 aliphatic heterocycles. The quantitative estimate of drug-likeness (QED) is 0.774. The molecule has 5 heteroatoms. The Morgan fingerprint density at radius 1 is 1.23 bits per heavy atom. The summed E-state index contributed by atoms with van der Waals surface area (Å²) in [6.45, 7) is 4.72. The van der Waals surface area contributed by atoms with Gasteiger partial charge in [-0.15, -0.1) is 0 Å². The van der Waals surface area contributed by atoms with Crippen molar-refractivity contribution in [3.05, 3.63) is 82.6 Å². The molecule has 1 aliphatic carbocycles. The molecule has 0 saturated heterocycles. The first-order valence-corrected chi connectivity index (χ1v) is 8.31. The van der Waals surface area contributed by atoms with Crippen molar-refractivity contribution in [2.45, 2.75) is 6.92 Å². The lowest BCUT2D eigenvalue weighted by atomic mass is 9.81. The van der Waals surface area contributed by atoms with Gasteiger partial charge in [0.1, 0.15) is 18.1 Å². The van der Waals surface area contributed by atoms with Crippen LogP contribution in [0, 0.1) is 0 Å². The fourth-order valence-corrected chi connectivity index (χ4v) is 3.11. The van der Waals surface area contributed by atoms with E-state index in [1.807, 2.05) is 32.3 Å². The molecule has 0 amide bonds. The van der Waals surface area contributed by atoms with Crippen LogP contribution in [0.1, 0.15) is 22.8 Å². The minimum Gasteiger partial charge on any atom is -0.347 e. The molecule has 1 aromatic rings. The van der Waals surface area contributed by atoms with Crippen LogP contribution < -0.4 is 0 Å². The van der Waals surface area contributed by atoms with Crippen LogP contribution in [0.5, 0.6) is 0 Å². The topological polar surface area (TPSA) is 45.0 Å². The lowest BCUT2D eigenvalue weighted by molar-refractivity contribution is 0.103. The molecule has 0 N–H and O–H groups in total. The molecule has 0 aromatic heterocycles. The van der Waals surface area contributed by atoms with Crippen molar-refractivity contribution in [2.24, 2.45) is 9.98 Å². The van der Waals surface area contributed by atoms with Crippen LogP contribution in [0.3, 0.4) is 0 Å². The van der Waals surface area contributed by atoms with E-state index in [2.05, 4.69) is 16.6 Å². The molecule has 0 atom stereocenters. The third kappa shape index (κ3) is 2.75. The molecule has 1 heterocycles. The van der Waals surface area contributed by atoms with Crippen molar-refractivity contribution >= 4 is 17.5 Å². The smallest absolute Gasteiger partial charge is 0.226 e. The largest absolute Gasteiger partial charge is 0.347 e. The fourth-order valence-electron chi connectivity index (χ4n) is 3.11. The van der Waals surface area contributed by atoms with Crippen molar-refractivity contribution in [3.63, 3.8) is 0 Å². The second-order valence-electron chi connectivity index (χ2n) is 6.13. The number of carbonyl (C=O) groups is 1. The van der Waals surface area contributed by atoms with Crippen LogP contribution in [-0.4, -0.2) is 43.1 Å². The average molecular weight is 349 g/mol. The summed E-state index contributed by atoms with van der Waals surface area (Å²) in [6.07, 6.45) is 4.84. The molecule has 0 bridgehead atoms. The maximum absolute atomic E-state index is 13.6. The zero-order valence-electron chi connectivity index (χ0n) is 15.1. The average Bonchev–Trinajstić information content (AvgIpc) is 3.09. The lowest BCUT2D eigenvalue weighted by Crippen LogP contribution is -2.22. The van der Waals surface area contributed by atoms with Crippen LogP contribution >= 0.6 is 0 Å². The number of aliphatic imine (C=N–C) groups is 2. The number of allylic oxidation sites excluding steroid dienone is 7. The number of carbonyl (C=O) groups excluding carboxylic acids is 1. The van der Waals surface area contributed by atoms with Crippen molar-refractivity contribution in [3.8, 4) is 0 Å². The van der Waals surface area contributed by atoms with Gasteiger partial charge in [-0.05, 0) is 18.1 Å². The minimum atomic E-state index is -0.700. The van der Waals surface area contributed by atoms with Gasteiger partial charge in [0.25, 0.3) is 0 Å². The first-order valence-electron chi connectivity index (χ1n) is 8.31. The van der Waals surface area contributed by atoms with Crippen LogP contribution in [0.4, 0.5) is 4.39 Å². The van der Waals surface area contributed by atoms with Gasteiger partial charge in [0.05, 0.1) is 5.57 Å². The molecular formula is C21H20FN3O. The SMILES string of the molecule is C=C/C=C(CF)\C(=C/C)C1=C2N=C(N(C)C)N=C2c2ccccc2C1=O. The van der Waals surface area contributed by atoms with Gasteiger partial charge in [-0.1, -0.05) is 49.1 Å². The van der Waals surface area contributed by atoms with Crippen molar-refractivity contribution in [2.75, 3.05) is 20.8 Å². The predicted octanol–water partition coefficient (Wildman–Crippen LogP) is 3.89. The summed E-state index contributed by atoms with van der Waals surface area (Å²) in [7, 11) is 3.69. The first kappa shape index (κ1) is 17.7. The Kier molecular flexibility index (Phi) is 4.80. The number of ketones is 1. The van der Waals surface area contributed by atoms with Gasteiger partial charge >= 0.3 is 0 Å². The Labute approximate surface area is 152 Å². The Hall–Kier alpha value is -3.08. The summed E-state index contributed by atoms with van der Waals surface area (Å²) in [4.78, 5) is 24.2. The van der Waals surface area contributed by atoms with E-state index in [1.165, 1.54) is 6.08 Å². The third-order valence-electron chi connectivity index (χ3n) is 4.31. The highest BCUT2D eigenvalue weighted by Crippen LogP contribution is 2.36. The zero-order chi connectivity index (χ0) is 18.8. The van der Waals surface area contributed by atoms with Crippen LogP contribution in [-0.2, 0) is 0 Å². The normalized spacial score (nSPS) is 16.8.